The van der Waals surface area contributed by atoms with Gasteiger partial charge in [0.05, 0.1) is 0 Å². The van der Waals surface area contributed by atoms with Gasteiger partial charge >= 0.3 is 0 Å². The number of benzene rings is 1. The Kier molecular flexibility index (Phi) is 3.27. The molecule has 4 bridgehead atoms. The van der Waals surface area contributed by atoms with Crippen LogP contribution in [0.3, 0.4) is 0 Å². The molecule has 3 aliphatic carbocycles. The van der Waals surface area contributed by atoms with Gasteiger partial charge in [-0.15, -0.1) is 0 Å². The van der Waals surface area contributed by atoms with Crippen LogP contribution in [0.2, 0.25) is 0 Å². The van der Waals surface area contributed by atoms with Gasteiger partial charge in [0.15, 0.2) is 0 Å². The average Bonchev–Trinajstić information content (AvgIpc) is 2.37. The van der Waals surface area contributed by atoms with Gasteiger partial charge in [0.25, 0.3) is 0 Å². The second kappa shape index (κ2) is 5.22. The highest BCUT2D eigenvalue weighted by atomic mass is 14.1. The molecule has 0 spiro atoms. The fourth-order valence-electron chi connectivity index (χ4n) is 2.47. The summed E-state index contributed by atoms with van der Waals surface area (Å²) >= 11 is 0. The smallest absolute Gasteiger partial charge is 0.0238 e. The van der Waals surface area contributed by atoms with Gasteiger partial charge < -0.3 is 0 Å². The van der Waals surface area contributed by atoms with Gasteiger partial charge in [-0.3, -0.25) is 0 Å². The maximum atomic E-state index is 2.28. The third-order valence-electron chi connectivity index (χ3n) is 3.67. The molecule has 0 N–H and O–H groups in total. The average molecular weight is 234 g/mol. The lowest BCUT2D eigenvalue weighted by Gasteiger charge is -2.09. The third-order valence-corrected chi connectivity index (χ3v) is 3.67. The molecule has 0 heteroatoms. The van der Waals surface area contributed by atoms with Crippen molar-refractivity contribution in [2.24, 2.45) is 0 Å². The molecule has 0 fully saturated rings. The Morgan fingerprint density at radius 3 is 1.44 bits per heavy atom. The van der Waals surface area contributed by atoms with E-state index in [0.717, 1.165) is 25.7 Å². The maximum Gasteiger partial charge on any atom is -0.0238 e. The summed E-state index contributed by atoms with van der Waals surface area (Å²) in [5.74, 6) is 0. The van der Waals surface area contributed by atoms with Gasteiger partial charge in [0.2, 0.25) is 0 Å². The molecule has 0 saturated carbocycles. The standard InChI is InChI=1S/C18H18/c1-2-4-16-6-5-15(3-1)7-9-17-11-13-18(10-8-16)14-12-17/h1-6,11-14H,7-10H2/b2-1?,3-1-,4-2-,6-5?,15-3?,15-5+,16-4?,16-6+. The molecular weight excluding hydrogens is 216 g/mol. The normalized spacial score (nSPS) is 27.8. The van der Waals surface area contributed by atoms with E-state index < -0.39 is 0 Å². The van der Waals surface area contributed by atoms with Crippen LogP contribution in [0.5, 0.6) is 0 Å². The van der Waals surface area contributed by atoms with Crippen molar-refractivity contribution in [1.82, 2.24) is 0 Å². The van der Waals surface area contributed by atoms with Crippen molar-refractivity contribution in [2.45, 2.75) is 25.7 Å². The van der Waals surface area contributed by atoms with E-state index in [1.54, 1.807) is 0 Å². The minimum absolute atomic E-state index is 1.12. The van der Waals surface area contributed by atoms with Crippen LogP contribution in [0.25, 0.3) is 0 Å². The Hall–Kier alpha value is -1.82. The first-order chi connectivity index (χ1) is 8.90. The molecule has 1 aromatic carbocycles. The van der Waals surface area contributed by atoms with Crippen LogP contribution in [-0.2, 0) is 12.8 Å². The van der Waals surface area contributed by atoms with Crippen molar-refractivity contribution in [2.75, 3.05) is 0 Å². The number of fused-ring (bicyclic) bond motifs is 4. The van der Waals surface area contributed by atoms with E-state index in [2.05, 4.69) is 60.7 Å². The lowest BCUT2D eigenvalue weighted by Crippen LogP contribution is -1.93. The second-order valence-electron chi connectivity index (χ2n) is 5.02. The van der Waals surface area contributed by atoms with E-state index in [0.29, 0.717) is 0 Å². The van der Waals surface area contributed by atoms with Gasteiger partial charge in [0, 0.05) is 0 Å². The van der Waals surface area contributed by atoms with Crippen LogP contribution in [-0.4, -0.2) is 0 Å². The van der Waals surface area contributed by atoms with E-state index in [1.807, 2.05) is 0 Å². The van der Waals surface area contributed by atoms with E-state index in [-0.39, 0.29) is 0 Å². The Bertz CT molecular complexity index is 485. The van der Waals surface area contributed by atoms with E-state index >= 15 is 0 Å². The van der Waals surface area contributed by atoms with Crippen LogP contribution in [0.1, 0.15) is 24.0 Å². The Morgan fingerprint density at radius 1 is 0.556 bits per heavy atom. The van der Waals surface area contributed by atoms with E-state index in [9.17, 15) is 0 Å². The van der Waals surface area contributed by atoms with Crippen molar-refractivity contribution in [3.05, 3.63) is 83.0 Å². The molecule has 4 rings (SSSR count). The van der Waals surface area contributed by atoms with Gasteiger partial charge in [-0.2, -0.15) is 0 Å². The van der Waals surface area contributed by atoms with Crippen molar-refractivity contribution >= 4 is 0 Å². The minimum Gasteiger partial charge on any atom is -0.0620 e. The quantitative estimate of drug-likeness (QED) is 0.618. The lowest BCUT2D eigenvalue weighted by atomic mass is 9.96. The first-order valence-electron chi connectivity index (χ1n) is 6.72. The third kappa shape index (κ3) is 2.70. The van der Waals surface area contributed by atoms with Crippen molar-refractivity contribution in [1.29, 1.82) is 0 Å². The molecule has 1 aromatic rings. The lowest BCUT2D eigenvalue weighted by molar-refractivity contribution is 0.935. The molecule has 3 aliphatic rings. The summed E-state index contributed by atoms with van der Waals surface area (Å²) in [6.45, 7) is 0. The highest BCUT2D eigenvalue weighted by molar-refractivity contribution is 5.37. The van der Waals surface area contributed by atoms with Crippen LogP contribution in [0.15, 0.2) is 71.9 Å². The first-order valence-corrected chi connectivity index (χ1v) is 6.72. The Balaban J connectivity index is 1.95. The number of hydrogen-bond acceptors (Lipinski definition) is 0. The summed E-state index contributed by atoms with van der Waals surface area (Å²) in [7, 11) is 0. The number of aryl methyl sites for hydroxylation is 2. The number of rotatable bonds is 0. The summed E-state index contributed by atoms with van der Waals surface area (Å²) in [5.41, 5.74) is 5.72. The van der Waals surface area contributed by atoms with Crippen LogP contribution in [0.4, 0.5) is 0 Å². The van der Waals surface area contributed by atoms with Crippen molar-refractivity contribution in [3.8, 4) is 0 Å². The van der Waals surface area contributed by atoms with E-state index in [1.165, 1.54) is 22.3 Å². The summed E-state index contributed by atoms with van der Waals surface area (Å²) in [4.78, 5) is 0. The van der Waals surface area contributed by atoms with Crippen molar-refractivity contribution < 1.29 is 0 Å². The molecule has 0 atom stereocenters. The van der Waals surface area contributed by atoms with Gasteiger partial charge in [-0.1, -0.05) is 60.7 Å². The largest absolute Gasteiger partial charge is 0.0620 e. The molecule has 0 saturated heterocycles. The predicted molar refractivity (Wildman–Crippen MR) is 77.5 cm³/mol. The van der Waals surface area contributed by atoms with Crippen LogP contribution >= 0.6 is 0 Å². The Labute approximate surface area is 109 Å². The molecular formula is C18H18. The number of allylic oxidation sites excluding steroid dienone is 8. The minimum atomic E-state index is 1.12. The number of hydrogen-bond donors (Lipinski definition) is 0. The maximum absolute atomic E-state index is 2.28. The van der Waals surface area contributed by atoms with E-state index in [4.69, 9.17) is 0 Å². The molecule has 90 valence electrons. The fraction of sp³-hybridized carbons (Fsp3) is 0.222. The molecule has 0 aromatic heterocycles. The first kappa shape index (κ1) is 11.3. The summed E-state index contributed by atoms with van der Waals surface area (Å²) < 4.78 is 0. The molecule has 0 nitrogen and oxygen atoms in total. The summed E-state index contributed by atoms with van der Waals surface area (Å²) in [5, 5.41) is 0. The molecule has 18 heavy (non-hydrogen) atoms. The van der Waals surface area contributed by atoms with Crippen molar-refractivity contribution in [3.63, 3.8) is 0 Å². The highest BCUT2D eigenvalue weighted by Gasteiger charge is 2.02. The molecule has 0 unspecified atom stereocenters. The zero-order valence-electron chi connectivity index (χ0n) is 10.6. The van der Waals surface area contributed by atoms with Gasteiger partial charge in [-0.25, -0.2) is 0 Å². The van der Waals surface area contributed by atoms with Gasteiger partial charge in [0.1, 0.15) is 0 Å². The second-order valence-corrected chi connectivity index (χ2v) is 5.02. The monoisotopic (exact) mass is 234 g/mol. The molecule has 0 aliphatic heterocycles. The Morgan fingerprint density at radius 2 is 1.00 bits per heavy atom. The zero-order chi connectivity index (χ0) is 12.2. The summed E-state index contributed by atoms with van der Waals surface area (Å²) in [6, 6.07) is 9.12. The highest BCUT2D eigenvalue weighted by Crippen LogP contribution is 2.19. The van der Waals surface area contributed by atoms with Crippen LogP contribution < -0.4 is 0 Å². The predicted octanol–water partition coefficient (Wildman–Crippen LogP) is 4.54. The van der Waals surface area contributed by atoms with Gasteiger partial charge in [-0.05, 0) is 48.0 Å². The molecule has 0 heterocycles. The fourth-order valence-corrected chi connectivity index (χ4v) is 2.47. The SMILES string of the molecule is C1=C\C2=C/C=C(\C=C/1)CCc1ccc(cc1)CC2. The van der Waals surface area contributed by atoms with Crippen LogP contribution in [0, 0.1) is 0 Å². The topological polar surface area (TPSA) is 0 Å². The molecule has 0 radical (unpaired) electrons. The zero-order valence-corrected chi connectivity index (χ0v) is 10.6. The summed E-state index contributed by atoms with van der Waals surface area (Å²) in [6.07, 6.45) is 17.8. The molecule has 0 amide bonds.